The van der Waals surface area contributed by atoms with E-state index in [9.17, 15) is 22.8 Å². The molecule has 3 amide bonds. The molecule has 2 N–H and O–H groups in total. The highest BCUT2D eigenvalue weighted by Crippen LogP contribution is 2.58. The predicted molar refractivity (Wildman–Crippen MR) is 141 cm³/mol. The van der Waals surface area contributed by atoms with Gasteiger partial charge < -0.3 is 20.2 Å². The van der Waals surface area contributed by atoms with E-state index in [4.69, 9.17) is 9.90 Å². The van der Waals surface area contributed by atoms with Crippen LogP contribution in [0.5, 0.6) is 0 Å². The molecule has 1 aromatic heterocycles. The minimum Gasteiger partial charge on any atom is -0.475 e. The van der Waals surface area contributed by atoms with E-state index in [0.717, 1.165) is 57.7 Å². The van der Waals surface area contributed by atoms with Crippen molar-refractivity contribution in [2.24, 2.45) is 10.8 Å². The van der Waals surface area contributed by atoms with Crippen molar-refractivity contribution in [2.45, 2.75) is 38.9 Å². The number of benzene rings is 1. The second kappa shape index (κ2) is 11.8. The van der Waals surface area contributed by atoms with E-state index in [2.05, 4.69) is 28.2 Å². The number of anilines is 1. The highest BCUT2D eigenvalue weighted by molar-refractivity contribution is 5.89. The van der Waals surface area contributed by atoms with E-state index < -0.39 is 12.1 Å². The summed E-state index contributed by atoms with van der Waals surface area (Å²) in [6, 6.07) is 13.6. The Kier molecular flexibility index (Phi) is 8.67. The normalized spacial score (nSPS) is 22.4. The maximum absolute atomic E-state index is 13.7. The summed E-state index contributed by atoms with van der Waals surface area (Å²) >= 11 is 0. The third kappa shape index (κ3) is 6.06. The zero-order valence-electron chi connectivity index (χ0n) is 22.4. The van der Waals surface area contributed by atoms with Crippen LogP contribution >= 0.6 is 0 Å². The molecule has 0 radical (unpaired) electrons. The number of likely N-dealkylation sites (tertiary alicyclic amines) is 3. The molecule has 1 aromatic carbocycles. The molecule has 0 aliphatic carbocycles. The molecule has 3 aliphatic rings. The lowest BCUT2D eigenvalue weighted by Gasteiger charge is -2.47. The molecular weight excluding hydrogens is 527 g/mol. The Balaban J connectivity index is 0.000000470. The van der Waals surface area contributed by atoms with E-state index in [0.29, 0.717) is 19.0 Å². The van der Waals surface area contributed by atoms with Crippen molar-refractivity contribution in [3.63, 3.8) is 0 Å². The van der Waals surface area contributed by atoms with Gasteiger partial charge in [-0.2, -0.15) is 13.2 Å². The van der Waals surface area contributed by atoms with Crippen molar-refractivity contribution < 1.29 is 32.7 Å². The molecule has 9 nitrogen and oxygen atoms in total. The minimum atomic E-state index is -5.08. The van der Waals surface area contributed by atoms with Crippen molar-refractivity contribution in [1.29, 1.82) is 0 Å². The molecule has 1 unspecified atom stereocenters. The van der Waals surface area contributed by atoms with Crippen LogP contribution in [0.1, 0.15) is 31.7 Å². The van der Waals surface area contributed by atoms with Gasteiger partial charge >= 0.3 is 18.2 Å². The summed E-state index contributed by atoms with van der Waals surface area (Å²) in [7, 11) is 0. The predicted octanol–water partition coefficient (Wildman–Crippen LogP) is 4.08. The van der Waals surface area contributed by atoms with Gasteiger partial charge in [0.2, 0.25) is 5.91 Å². The lowest BCUT2D eigenvalue weighted by atomic mass is 9.60. The molecule has 1 atom stereocenters. The Morgan fingerprint density at radius 1 is 1.02 bits per heavy atom. The smallest absolute Gasteiger partial charge is 0.475 e. The van der Waals surface area contributed by atoms with Gasteiger partial charge in [-0.05, 0) is 49.9 Å². The first-order valence-corrected chi connectivity index (χ1v) is 13.3. The number of carbonyl (C=O) groups excluding carboxylic acids is 2. The number of rotatable bonds is 4. The molecule has 3 aliphatic heterocycles. The maximum Gasteiger partial charge on any atom is 0.490 e. The number of carboxylic acids is 1. The number of aromatic nitrogens is 1. The third-order valence-electron chi connectivity index (χ3n) is 8.33. The summed E-state index contributed by atoms with van der Waals surface area (Å²) < 4.78 is 31.7. The number of nitrogens with one attached hydrogen (secondary N) is 1. The standard InChI is InChI=1S/C26H33N5O2.C2HF3O2/c1-2-30-16-12-26(23(30)32)20-29(18-21-7-6-13-27-17-21)19-25(26)10-14-31(15-11-25)24(33)28-22-8-4-3-5-9-22;3-2(4,5)1(6)7/h3-9,13,17H,2,10-12,14-16,18-20H2,1H3,(H,28,33);(H,6,7). The van der Waals surface area contributed by atoms with Gasteiger partial charge in [0.15, 0.2) is 0 Å². The SMILES string of the molecule is CCN1CCC2(CN(Cc3cccnc3)CC23CCN(C(=O)Nc2ccccc2)CC3)C1=O.O=C(O)C(F)(F)F. The van der Waals surface area contributed by atoms with Gasteiger partial charge in [0.1, 0.15) is 0 Å². The number of pyridine rings is 1. The van der Waals surface area contributed by atoms with E-state index in [1.54, 1.807) is 6.20 Å². The maximum atomic E-state index is 13.7. The summed E-state index contributed by atoms with van der Waals surface area (Å²) in [6.07, 6.45) is 1.28. The Labute approximate surface area is 231 Å². The van der Waals surface area contributed by atoms with Crippen LogP contribution in [0.4, 0.5) is 23.7 Å². The average molecular weight is 562 g/mol. The number of halogens is 3. The van der Waals surface area contributed by atoms with Gasteiger partial charge in [-0.1, -0.05) is 24.3 Å². The van der Waals surface area contributed by atoms with Gasteiger partial charge in [0.05, 0.1) is 5.41 Å². The molecule has 4 heterocycles. The van der Waals surface area contributed by atoms with Gasteiger partial charge in [-0.25, -0.2) is 9.59 Å². The van der Waals surface area contributed by atoms with Crippen LogP contribution in [0, 0.1) is 10.8 Å². The zero-order chi connectivity index (χ0) is 29.0. The number of aliphatic carboxylic acids is 1. The number of alkyl halides is 3. The molecule has 40 heavy (non-hydrogen) atoms. The first-order valence-electron chi connectivity index (χ1n) is 13.3. The largest absolute Gasteiger partial charge is 0.490 e. The van der Waals surface area contributed by atoms with Gasteiger partial charge in [0.25, 0.3) is 0 Å². The van der Waals surface area contributed by atoms with Crippen LogP contribution in [-0.2, 0) is 16.1 Å². The monoisotopic (exact) mass is 561 g/mol. The first-order chi connectivity index (χ1) is 19.0. The molecule has 0 bridgehead atoms. The Bertz CT molecular complexity index is 1190. The Hall–Kier alpha value is -3.67. The number of urea groups is 1. The number of carboxylic acid groups (broad SMARTS) is 1. The molecule has 12 heteroatoms. The fourth-order valence-electron chi connectivity index (χ4n) is 6.32. The molecule has 216 valence electrons. The van der Waals surface area contributed by atoms with E-state index >= 15 is 0 Å². The summed E-state index contributed by atoms with van der Waals surface area (Å²) in [5.41, 5.74) is 1.57. The van der Waals surface area contributed by atoms with E-state index in [-0.39, 0.29) is 16.9 Å². The zero-order valence-corrected chi connectivity index (χ0v) is 22.4. The number of nitrogens with zero attached hydrogens (tertiary/aromatic N) is 4. The molecule has 3 fully saturated rings. The van der Waals surface area contributed by atoms with Crippen LogP contribution in [0.2, 0.25) is 0 Å². The van der Waals surface area contributed by atoms with E-state index in [1.807, 2.05) is 52.4 Å². The highest BCUT2D eigenvalue weighted by atomic mass is 19.4. The molecule has 5 rings (SSSR count). The molecular formula is C28H34F3N5O4. The van der Waals surface area contributed by atoms with Crippen LogP contribution in [0.15, 0.2) is 54.9 Å². The van der Waals surface area contributed by atoms with Crippen LogP contribution in [-0.4, -0.2) is 88.1 Å². The third-order valence-corrected chi connectivity index (χ3v) is 8.33. The number of amides is 3. The number of hydrogen-bond donors (Lipinski definition) is 2. The van der Waals surface area contributed by atoms with Gasteiger partial charge in [-0.3, -0.25) is 14.7 Å². The Morgan fingerprint density at radius 3 is 2.25 bits per heavy atom. The average Bonchev–Trinajstić information content (AvgIpc) is 3.41. The minimum absolute atomic E-state index is 0.0525. The lowest BCUT2D eigenvalue weighted by molar-refractivity contribution is -0.192. The number of piperidine rings is 1. The topological polar surface area (TPSA) is 106 Å². The first kappa shape index (κ1) is 29.3. The van der Waals surface area contributed by atoms with Crippen LogP contribution < -0.4 is 5.32 Å². The van der Waals surface area contributed by atoms with Crippen molar-refractivity contribution in [3.8, 4) is 0 Å². The summed E-state index contributed by atoms with van der Waals surface area (Å²) in [5.74, 6) is -2.44. The number of hydrogen-bond acceptors (Lipinski definition) is 5. The quantitative estimate of drug-likeness (QED) is 0.583. The molecule has 2 aromatic rings. The van der Waals surface area contributed by atoms with Gasteiger partial charge in [-0.15, -0.1) is 0 Å². The molecule has 3 saturated heterocycles. The molecule has 0 saturated carbocycles. The second-order valence-electron chi connectivity index (χ2n) is 10.6. The van der Waals surface area contributed by atoms with Crippen LogP contribution in [0.25, 0.3) is 0 Å². The Morgan fingerprint density at radius 2 is 1.70 bits per heavy atom. The fraction of sp³-hybridized carbons (Fsp3) is 0.500. The van der Waals surface area contributed by atoms with Crippen molar-refractivity contribution in [3.05, 3.63) is 60.4 Å². The molecule has 2 spiro atoms. The number of carbonyl (C=O) groups is 3. The van der Waals surface area contributed by atoms with Crippen molar-refractivity contribution in [2.75, 3.05) is 44.6 Å². The number of fused-ring (bicyclic) bond motifs is 1. The van der Waals surface area contributed by atoms with Crippen LogP contribution in [0.3, 0.4) is 0 Å². The second-order valence-corrected chi connectivity index (χ2v) is 10.6. The summed E-state index contributed by atoms with van der Waals surface area (Å²) in [5, 5.41) is 10.1. The lowest BCUT2D eigenvalue weighted by Crippen LogP contribution is -2.54. The summed E-state index contributed by atoms with van der Waals surface area (Å²) in [6.45, 7) is 7.56. The van der Waals surface area contributed by atoms with Crippen molar-refractivity contribution in [1.82, 2.24) is 19.7 Å². The fourth-order valence-corrected chi connectivity index (χ4v) is 6.32. The summed E-state index contributed by atoms with van der Waals surface area (Å²) in [4.78, 5) is 46.1. The number of para-hydroxylation sites is 1. The highest BCUT2D eigenvalue weighted by Gasteiger charge is 2.65. The van der Waals surface area contributed by atoms with Crippen molar-refractivity contribution >= 4 is 23.6 Å². The van der Waals surface area contributed by atoms with E-state index in [1.165, 1.54) is 5.56 Å². The van der Waals surface area contributed by atoms with Gasteiger partial charge in [0, 0.05) is 69.3 Å².